The number of nitrogens with one attached hydrogen (secondary N) is 2. The molecular formula is C10H20N2O2. The zero-order valence-corrected chi connectivity index (χ0v) is 9.06. The van der Waals surface area contributed by atoms with Gasteiger partial charge in [-0.2, -0.15) is 0 Å². The fourth-order valence-electron chi connectivity index (χ4n) is 0.984. The van der Waals surface area contributed by atoms with E-state index in [9.17, 15) is 9.59 Å². The summed E-state index contributed by atoms with van der Waals surface area (Å²) in [4.78, 5) is 22.1. The first-order valence-electron chi connectivity index (χ1n) is 5.24. The minimum atomic E-state index is 0.00338. The molecule has 0 rings (SSSR count). The summed E-state index contributed by atoms with van der Waals surface area (Å²) in [7, 11) is 0. The van der Waals surface area contributed by atoms with Crippen LogP contribution in [-0.4, -0.2) is 24.9 Å². The first-order valence-corrected chi connectivity index (χ1v) is 5.24. The Morgan fingerprint density at radius 1 is 0.857 bits per heavy atom. The quantitative estimate of drug-likeness (QED) is 0.639. The highest BCUT2D eigenvalue weighted by Crippen LogP contribution is 1.86. The maximum atomic E-state index is 11.1. The van der Waals surface area contributed by atoms with E-state index in [1.165, 1.54) is 0 Å². The van der Waals surface area contributed by atoms with Gasteiger partial charge in [0.15, 0.2) is 0 Å². The molecule has 0 aromatic heterocycles. The van der Waals surface area contributed by atoms with Gasteiger partial charge in [-0.3, -0.25) is 9.59 Å². The van der Waals surface area contributed by atoms with Crippen LogP contribution in [0.25, 0.3) is 0 Å². The summed E-state index contributed by atoms with van der Waals surface area (Å²) in [6.45, 7) is 5.10. The Hall–Kier alpha value is -1.06. The van der Waals surface area contributed by atoms with Crippen molar-refractivity contribution in [2.45, 2.75) is 39.5 Å². The zero-order chi connectivity index (χ0) is 10.8. The highest BCUT2D eigenvalue weighted by atomic mass is 16.2. The van der Waals surface area contributed by atoms with Crippen molar-refractivity contribution in [3.63, 3.8) is 0 Å². The van der Waals surface area contributed by atoms with Crippen LogP contribution in [0.5, 0.6) is 0 Å². The van der Waals surface area contributed by atoms with E-state index in [0.29, 0.717) is 25.9 Å². The van der Waals surface area contributed by atoms with Gasteiger partial charge >= 0.3 is 0 Å². The van der Waals surface area contributed by atoms with Crippen LogP contribution in [0, 0.1) is 0 Å². The molecule has 0 radical (unpaired) electrons. The SMILES string of the molecule is CCCNC(=O)CCNC(=O)CCC. The molecule has 2 N–H and O–H groups in total. The van der Waals surface area contributed by atoms with Crippen LogP contribution >= 0.6 is 0 Å². The lowest BCUT2D eigenvalue weighted by atomic mass is 10.3. The normalized spacial score (nSPS) is 9.57. The number of hydrogen-bond donors (Lipinski definition) is 2. The number of amides is 2. The third kappa shape index (κ3) is 7.58. The molecule has 0 aliphatic rings. The molecule has 0 unspecified atom stereocenters. The molecule has 0 fully saturated rings. The molecule has 0 saturated carbocycles. The van der Waals surface area contributed by atoms with Gasteiger partial charge in [-0.15, -0.1) is 0 Å². The van der Waals surface area contributed by atoms with Gasteiger partial charge in [-0.1, -0.05) is 13.8 Å². The summed E-state index contributed by atoms with van der Waals surface area (Å²) in [5, 5.41) is 5.44. The molecule has 4 heteroatoms. The maximum absolute atomic E-state index is 11.1. The topological polar surface area (TPSA) is 58.2 Å². The molecule has 0 heterocycles. The van der Waals surface area contributed by atoms with E-state index in [1.54, 1.807) is 0 Å². The third-order valence-corrected chi connectivity index (χ3v) is 1.72. The lowest BCUT2D eigenvalue weighted by molar-refractivity contribution is -0.122. The smallest absolute Gasteiger partial charge is 0.221 e. The van der Waals surface area contributed by atoms with Gasteiger partial charge in [-0.05, 0) is 12.8 Å². The van der Waals surface area contributed by atoms with Crippen molar-refractivity contribution < 1.29 is 9.59 Å². The second kappa shape index (κ2) is 8.53. The van der Waals surface area contributed by atoms with Gasteiger partial charge in [0.2, 0.25) is 11.8 Å². The van der Waals surface area contributed by atoms with Gasteiger partial charge in [-0.25, -0.2) is 0 Å². The van der Waals surface area contributed by atoms with E-state index >= 15 is 0 Å². The first-order chi connectivity index (χ1) is 6.70. The molecule has 2 amide bonds. The molecular weight excluding hydrogens is 180 g/mol. The average molecular weight is 200 g/mol. The van der Waals surface area contributed by atoms with Crippen LogP contribution in [-0.2, 0) is 9.59 Å². The van der Waals surface area contributed by atoms with Crippen molar-refractivity contribution in [1.29, 1.82) is 0 Å². The lowest BCUT2D eigenvalue weighted by Crippen LogP contribution is -2.30. The van der Waals surface area contributed by atoms with Gasteiger partial charge in [0.25, 0.3) is 0 Å². The van der Waals surface area contributed by atoms with Gasteiger partial charge < -0.3 is 10.6 Å². The van der Waals surface area contributed by atoms with Gasteiger partial charge in [0, 0.05) is 25.9 Å². The standard InChI is InChI=1S/C10H20N2O2/c1-3-5-9(13)12-8-6-10(14)11-7-4-2/h3-8H2,1-2H3,(H,11,14)(H,12,13). The molecule has 0 atom stereocenters. The van der Waals surface area contributed by atoms with Crippen LogP contribution in [0.3, 0.4) is 0 Å². The maximum Gasteiger partial charge on any atom is 0.221 e. The monoisotopic (exact) mass is 200 g/mol. The number of carbonyl (C=O) groups excluding carboxylic acids is 2. The summed E-state index contributed by atoms with van der Waals surface area (Å²) in [5.41, 5.74) is 0. The summed E-state index contributed by atoms with van der Waals surface area (Å²) in [6, 6.07) is 0. The van der Waals surface area contributed by atoms with Gasteiger partial charge in [0.1, 0.15) is 0 Å². The second-order valence-electron chi connectivity index (χ2n) is 3.20. The fraction of sp³-hybridized carbons (Fsp3) is 0.800. The Morgan fingerprint density at radius 2 is 1.43 bits per heavy atom. The molecule has 0 saturated heterocycles. The number of hydrogen-bond acceptors (Lipinski definition) is 2. The fourth-order valence-corrected chi connectivity index (χ4v) is 0.984. The summed E-state index contributed by atoms with van der Waals surface area (Å²) in [6.07, 6.45) is 2.69. The van der Waals surface area contributed by atoms with Crippen molar-refractivity contribution in [3.8, 4) is 0 Å². The van der Waals surface area contributed by atoms with Gasteiger partial charge in [0.05, 0.1) is 0 Å². The molecule has 0 aromatic carbocycles. The highest BCUT2D eigenvalue weighted by molar-refractivity contribution is 5.78. The first kappa shape index (κ1) is 12.9. The van der Waals surface area contributed by atoms with Crippen molar-refractivity contribution in [1.82, 2.24) is 10.6 Å². The molecule has 0 bridgehead atoms. The van der Waals surface area contributed by atoms with Crippen molar-refractivity contribution in [2.24, 2.45) is 0 Å². The zero-order valence-electron chi connectivity index (χ0n) is 9.06. The lowest BCUT2D eigenvalue weighted by Gasteiger charge is -2.04. The van der Waals surface area contributed by atoms with Crippen molar-refractivity contribution in [2.75, 3.05) is 13.1 Å². The largest absolute Gasteiger partial charge is 0.356 e. The second-order valence-corrected chi connectivity index (χ2v) is 3.20. The minimum Gasteiger partial charge on any atom is -0.356 e. The predicted molar refractivity (Wildman–Crippen MR) is 55.8 cm³/mol. The Morgan fingerprint density at radius 3 is 2.00 bits per heavy atom. The predicted octanol–water partition coefficient (Wildman–Crippen LogP) is 0.819. The number of rotatable bonds is 7. The Labute approximate surface area is 85.4 Å². The molecule has 0 spiro atoms. The molecule has 82 valence electrons. The van der Waals surface area contributed by atoms with Crippen LogP contribution in [0.2, 0.25) is 0 Å². The molecule has 14 heavy (non-hydrogen) atoms. The average Bonchev–Trinajstić information content (AvgIpc) is 2.15. The van der Waals surface area contributed by atoms with E-state index in [2.05, 4.69) is 10.6 Å². The van der Waals surface area contributed by atoms with Crippen LogP contribution in [0.1, 0.15) is 39.5 Å². The summed E-state index contributed by atoms with van der Waals surface area (Å²) in [5.74, 6) is 0.0273. The van der Waals surface area contributed by atoms with E-state index in [0.717, 1.165) is 12.8 Å². The molecule has 0 aliphatic heterocycles. The van der Waals surface area contributed by atoms with Crippen LogP contribution in [0.4, 0.5) is 0 Å². The molecule has 4 nitrogen and oxygen atoms in total. The summed E-state index contributed by atoms with van der Waals surface area (Å²) >= 11 is 0. The van der Waals surface area contributed by atoms with E-state index < -0.39 is 0 Å². The third-order valence-electron chi connectivity index (χ3n) is 1.72. The molecule has 0 aromatic rings. The van der Waals surface area contributed by atoms with E-state index in [1.807, 2.05) is 13.8 Å². The van der Waals surface area contributed by atoms with Crippen LogP contribution in [0.15, 0.2) is 0 Å². The van der Waals surface area contributed by atoms with E-state index in [-0.39, 0.29) is 11.8 Å². The summed E-state index contributed by atoms with van der Waals surface area (Å²) < 4.78 is 0. The Balaban J connectivity index is 3.34. The molecule has 0 aliphatic carbocycles. The number of carbonyl (C=O) groups is 2. The Kier molecular flexibility index (Phi) is 7.89. The van der Waals surface area contributed by atoms with E-state index in [4.69, 9.17) is 0 Å². The minimum absolute atomic E-state index is 0.00338. The van der Waals surface area contributed by atoms with Crippen molar-refractivity contribution >= 4 is 11.8 Å². The Bertz CT molecular complexity index is 181. The van der Waals surface area contributed by atoms with Crippen LogP contribution < -0.4 is 10.6 Å². The highest BCUT2D eigenvalue weighted by Gasteiger charge is 2.01. The van der Waals surface area contributed by atoms with Crippen molar-refractivity contribution in [3.05, 3.63) is 0 Å².